The summed E-state index contributed by atoms with van der Waals surface area (Å²) in [6, 6.07) is 6.32. The van der Waals surface area contributed by atoms with Gasteiger partial charge in [-0.05, 0) is 6.07 Å². The second kappa shape index (κ2) is 6.67. The highest BCUT2D eigenvalue weighted by Crippen LogP contribution is 2.41. The van der Waals surface area contributed by atoms with Gasteiger partial charge in [-0.3, -0.25) is 0 Å². The number of rotatable bonds is 6. The maximum atomic E-state index is 9.39. The number of aromatic nitrogens is 4. The molecular weight excluding hydrogens is 348 g/mol. The van der Waals surface area contributed by atoms with Crippen LogP contribution in [0.5, 0.6) is 5.88 Å². The summed E-state index contributed by atoms with van der Waals surface area (Å²) in [4.78, 5) is 11.8. The fourth-order valence-electron chi connectivity index (χ4n) is 3.58. The summed E-state index contributed by atoms with van der Waals surface area (Å²) >= 11 is 1.81. The molecule has 3 aromatic rings. The first-order valence-electron chi connectivity index (χ1n) is 8.51. The molecule has 0 unspecified atom stereocenters. The molecule has 26 heavy (non-hydrogen) atoms. The van der Waals surface area contributed by atoms with Gasteiger partial charge >= 0.3 is 0 Å². The van der Waals surface area contributed by atoms with Gasteiger partial charge in [0.1, 0.15) is 12.0 Å². The molecule has 3 aromatic heterocycles. The van der Waals surface area contributed by atoms with Gasteiger partial charge in [0.2, 0.25) is 0 Å². The van der Waals surface area contributed by atoms with E-state index in [-0.39, 0.29) is 5.54 Å². The van der Waals surface area contributed by atoms with Crippen LogP contribution in [0.3, 0.4) is 0 Å². The molecule has 1 saturated heterocycles. The van der Waals surface area contributed by atoms with Crippen LogP contribution in [0.1, 0.15) is 13.3 Å². The summed E-state index contributed by atoms with van der Waals surface area (Å²) < 4.78 is 10.0. The Kier molecular flexibility index (Phi) is 4.34. The highest BCUT2D eigenvalue weighted by molar-refractivity contribution is 7.97. The largest absolute Gasteiger partial charge is 0.482 e. The maximum Gasteiger partial charge on any atom is 0.194 e. The molecule has 0 bridgehead atoms. The minimum absolute atomic E-state index is 0.259. The highest BCUT2D eigenvalue weighted by atomic mass is 32.2. The van der Waals surface area contributed by atoms with Crippen molar-refractivity contribution in [3.63, 3.8) is 0 Å². The van der Waals surface area contributed by atoms with E-state index in [1.165, 1.54) is 0 Å². The van der Waals surface area contributed by atoms with Crippen LogP contribution in [0, 0.1) is 11.3 Å². The Morgan fingerprint density at radius 1 is 1.42 bits per heavy atom. The van der Waals surface area contributed by atoms with Crippen molar-refractivity contribution in [1.82, 2.24) is 23.8 Å². The van der Waals surface area contributed by atoms with Crippen molar-refractivity contribution in [3.05, 3.63) is 30.9 Å². The van der Waals surface area contributed by atoms with Crippen molar-refractivity contribution in [1.29, 1.82) is 5.26 Å². The first-order valence-corrected chi connectivity index (χ1v) is 9.45. The fourth-order valence-corrected chi connectivity index (χ4v) is 4.61. The predicted octanol–water partition coefficient (Wildman–Crippen LogP) is 3.03. The lowest BCUT2D eigenvalue weighted by atomic mass is 9.88. The second-order valence-electron chi connectivity index (χ2n) is 6.38. The summed E-state index contributed by atoms with van der Waals surface area (Å²) in [5.74, 6) is 1.78. The molecule has 4 rings (SSSR count). The van der Waals surface area contributed by atoms with E-state index in [1.54, 1.807) is 25.4 Å². The standard InChI is InChI=1S/C18H20N6OS/c1-3-26-23-10-18(11-23,5-6-19)24-9-13(8-15(24)25-2)16-14-4-7-20-17(14)22-12-21-16/h4,7-9,12H,3,5,10-11H2,1-2H3,(H,20,21,22). The number of hydrogen-bond acceptors (Lipinski definition) is 6. The van der Waals surface area contributed by atoms with Gasteiger partial charge in [-0.1, -0.05) is 18.9 Å². The number of nitrogens with zero attached hydrogens (tertiary/aromatic N) is 5. The van der Waals surface area contributed by atoms with Crippen molar-refractivity contribution in [3.8, 4) is 23.2 Å². The quantitative estimate of drug-likeness (QED) is 0.674. The van der Waals surface area contributed by atoms with Gasteiger partial charge in [-0.2, -0.15) is 5.26 Å². The maximum absolute atomic E-state index is 9.39. The minimum Gasteiger partial charge on any atom is -0.482 e. The second-order valence-corrected chi connectivity index (χ2v) is 7.73. The molecule has 0 aliphatic carbocycles. The lowest BCUT2D eigenvalue weighted by molar-refractivity contribution is 0.0860. The van der Waals surface area contributed by atoms with Crippen LogP contribution < -0.4 is 4.74 Å². The van der Waals surface area contributed by atoms with Crippen molar-refractivity contribution in [2.75, 3.05) is 26.0 Å². The van der Waals surface area contributed by atoms with Gasteiger partial charge in [0, 0.05) is 48.3 Å². The summed E-state index contributed by atoms with van der Waals surface area (Å²) in [6.45, 7) is 3.79. The topological polar surface area (TPSA) is 82.8 Å². The van der Waals surface area contributed by atoms with Crippen molar-refractivity contribution in [2.24, 2.45) is 0 Å². The third-order valence-electron chi connectivity index (χ3n) is 4.79. The van der Waals surface area contributed by atoms with E-state index in [4.69, 9.17) is 4.74 Å². The molecule has 1 fully saturated rings. The summed E-state index contributed by atoms with van der Waals surface area (Å²) in [5, 5.41) is 10.4. The molecule has 8 heteroatoms. The minimum atomic E-state index is -0.259. The Bertz CT molecular complexity index is 966. The summed E-state index contributed by atoms with van der Waals surface area (Å²) in [7, 11) is 1.67. The Hall–Kier alpha value is -2.50. The van der Waals surface area contributed by atoms with E-state index in [9.17, 15) is 5.26 Å². The Morgan fingerprint density at radius 3 is 3.00 bits per heavy atom. The molecule has 134 valence electrons. The van der Waals surface area contributed by atoms with E-state index in [1.807, 2.05) is 18.3 Å². The predicted molar refractivity (Wildman–Crippen MR) is 102 cm³/mol. The van der Waals surface area contributed by atoms with Crippen LogP contribution in [0.15, 0.2) is 30.9 Å². The SMILES string of the molecule is CCSN1CC(CC#N)(n2cc(-c3ncnc4[nH]ccc34)cc2OC)C1. The van der Waals surface area contributed by atoms with E-state index >= 15 is 0 Å². The van der Waals surface area contributed by atoms with Crippen LogP contribution in [0.2, 0.25) is 0 Å². The van der Waals surface area contributed by atoms with Gasteiger partial charge in [0.15, 0.2) is 5.88 Å². The lowest BCUT2D eigenvalue weighted by Crippen LogP contribution is -2.59. The molecule has 7 nitrogen and oxygen atoms in total. The smallest absolute Gasteiger partial charge is 0.194 e. The number of fused-ring (bicyclic) bond motifs is 1. The Morgan fingerprint density at radius 2 is 2.27 bits per heavy atom. The van der Waals surface area contributed by atoms with Crippen LogP contribution in [0.25, 0.3) is 22.3 Å². The third kappa shape index (κ3) is 2.64. The number of aromatic amines is 1. The molecule has 0 amide bonds. The number of hydrogen-bond donors (Lipinski definition) is 1. The first-order chi connectivity index (χ1) is 12.7. The molecule has 0 atom stereocenters. The summed E-state index contributed by atoms with van der Waals surface area (Å²) in [6.07, 6.45) is 5.92. The molecule has 4 heterocycles. The number of H-pyrrole nitrogens is 1. The zero-order valence-corrected chi connectivity index (χ0v) is 15.6. The van der Waals surface area contributed by atoms with Crippen LogP contribution in [-0.4, -0.2) is 49.8 Å². The van der Waals surface area contributed by atoms with Gasteiger partial charge in [-0.15, -0.1) is 0 Å². The van der Waals surface area contributed by atoms with Gasteiger partial charge in [-0.25, -0.2) is 14.3 Å². The molecule has 1 aliphatic heterocycles. The normalized spacial score (nSPS) is 16.3. The van der Waals surface area contributed by atoms with Crippen molar-refractivity contribution in [2.45, 2.75) is 18.9 Å². The Labute approximate surface area is 156 Å². The molecular formula is C18H20N6OS. The number of ether oxygens (including phenoxy) is 1. The molecule has 0 aromatic carbocycles. The van der Waals surface area contributed by atoms with Gasteiger partial charge < -0.3 is 14.3 Å². The third-order valence-corrected chi connectivity index (χ3v) is 5.67. The summed E-state index contributed by atoms with van der Waals surface area (Å²) in [5.41, 5.74) is 2.38. The molecule has 0 radical (unpaired) electrons. The van der Waals surface area contributed by atoms with E-state index in [0.29, 0.717) is 6.42 Å². The van der Waals surface area contributed by atoms with Crippen LogP contribution in [-0.2, 0) is 5.54 Å². The van der Waals surface area contributed by atoms with Crippen LogP contribution >= 0.6 is 11.9 Å². The monoisotopic (exact) mass is 368 g/mol. The first kappa shape index (κ1) is 16.9. The van der Waals surface area contributed by atoms with Gasteiger partial charge in [0.25, 0.3) is 0 Å². The van der Waals surface area contributed by atoms with Crippen molar-refractivity contribution >= 4 is 23.0 Å². The van der Waals surface area contributed by atoms with Crippen molar-refractivity contribution < 1.29 is 4.74 Å². The fraction of sp³-hybridized carbons (Fsp3) is 0.389. The lowest BCUT2D eigenvalue weighted by Gasteiger charge is -2.49. The average Bonchev–Trinajstić information content (AvgIpc) is 3.26. The zero-order chi connectivity index (χ0) is 18.1. The van der Waals surface area contributed by atoms with Crippen LogP contribution in [0.4, 0.5) is 0 Å². The average molecular weight is 368 g/mol. The molecule has 0 saturated carbocycles. The number of nitrogens with one attached hydrogen (secondary N) is 1. The number of methoxy groups -OCH3 is 1. The Balaban J connectivity index is 1.76. The van der Waals surface area contributed by atoms with E-state index < -0.39 is 0 Å². The molecule has 0 spiro atoms. The highest BCUT2D eigenvalue weighted by Gasteiger charge is 2.46. The molecule has 1 N–H and O–H groups in total. The van der Waals surface area contributed by atoms with E-state index in [2.05, 4.69) is 43.0 Å². The number of nitriles is 1. The molecule has 1 aliphatic rings. The van der Waals surface area contributed by atoms with E-state index in [0.717, 1.165) is 47.0 Å². The zero-order valence-electron chi connectivity index (χ0n) is 14.8. The van der Waals surface area contributed by atoms with Gasteiger partial charge in [0.05, 0.1) is 30.8 Å².